The van der Waals surface area contributed by atoms with Crippen molar-refractivity contribution in [1.82, 2.24) is 20.2 Å². The highest BCUT2D eigenvalue weighted by Gasteiger charge is 2.34. The van der Waals surface area contributed by atoms with Gasteiger partial charge in [-0.3, -0.25) is 4.79 Å². The van der Waals surface area contributed by atoms with Crippen molar-refractivity contribution < 1.29 is 18.7 Å². The standard InChI is InChI=1S/C25H29FN6O3.ClH/c1-34-19-13-17-22(21(26)23(19)35-2)29-25(30-24(17)27)32-11-10-31(20(33)12-16-8-9-28-16)14-18(32)15-6-4-3-5-7-15;/h3-7,13,16,18,28H,8-12,14H2,1-2H3,(H2,27,29,30);1H. The number of nitrogen functional groups attached to an aromatic ring is 1. The van der Waals surface area contributed by atoms with Crippen molar-refractivity contribution in [2.75, 3.05) is 51.0 Å². The second kappa shape index (κ2) is 10.7. The number of benzene rings is 2. The van der Waals surface area contributed by atoms with E-state index in [0.29, 0.717) is 37.4 Å². The molecule has 2 aromatic carbocycles. The molecule has 0 aliphatic carbocycles. The van der Waals surface area contributed by atoms with Gasteiger partial charge in [0.25, 0.3) is 0 Å². The van der Waals surface area contributed by atoms with Gasteiger partial charge in [-0.25, -0.2) is 9.37 Å². The Morgan fingerprint density at radius 3 is 2.58 bits per heavy atom. The zero-order valence-corrected chi connectivity index (χ0v) is 21.1. The molecule has 1 amide bonds. The predicted molar refractivity (Wildman–Crippen MR) is 138 cm³/mol. The van der Waals surface area contributed by atoms with E-state index in [2.05, 4.69) is 15.3 Å². The molecular weight excluding hydrogens is 487 g/mol. The van der Waals surface area contributed by atoms with E-state index in [0.717, 1.165) is 18.5 Å². The van der Waals surface area contributed by atoms with Gasteiger partial charge >= 0.3 is 0 Å². The minimum Gasteiger partial charge on any atom is -0.493 e. The van der Waals surface area contributed by atoms with E-state index >= 15 is 4.39 Å². The number of ether oxygens (including phenoxy) is 2. The van der Waals surface area contributed by atoms with Crippen molar-refractivity contribution >= 4 is 41.0 Å². The van der Waals surface area contributed by atoms with Crippen LogP contribution in [0.5, 0.6) is 11.5 Å². The van der Waals surface area contributed by atoms with Crippen LogP contribution in [0.15, 0.2) is 36.4 Å². The van der Waals surface area contributed by atoms with Crippen molar-refractivity contribution in [1.29, 1.82) is 0 Å². The van der Waals surface area contributed by atoms with Gasteiger partial charge in [0.15, 0.2) is 17.3 Å². The smallest absolute Gasteiger partial charge is 0.228 e. The summed E-state index contributed by atoms with van der Waals surface area (Å²) in [5.41, 5.74) is 7.35. The van der Waals surface area contributed by atoms with Crippen LogP contribution >= 0.6 is 12.4 Å². The van der Waals surface area contributed by atoms with Gasteiger partial charge < -0.3 is 30.3 Å². The Morgan fingerprint density at radius 2 is 1.94 bits per heavy atom. The van der Waals surface area contributed by atoms with Gasteiger partial charge in [-0.2, -0.15) is 4.98 Å². The first-order valence-corrected chi connectivity index (χ1v) is 11.7. The van der Waals surface area contributed by atoms with Gasteiger partial charge in [0.1, 0.15) is 11.3 Å². The van der Waals surface area contributed by atoms with E-state index in [1.165, 1.54) is 14.2 Å². The largest absolute Gasteiger partial charge is 0.493 e. The Balaban J connectivity index is 0.00000304. The fraction of sp³-hybridized carbons (Fsp3) is 0.400. The lowest BCUT2D eigenvalue weighted by Crippen LogP contribution is -2.53. The Hall–Kier alpha value is -3.37. The summed E-state index contributed by atoms with van der Waals surface area (Å²) in [5.74, 6) is 0.105. The van der Waals surface area contributed by atoms with Gasteiger partial charge in [-0.05, 0) is 24.6 Å². The Kier molecular flexibility index (Phi) is 7.65. The molecule has 0 saturated carbocycles. The summed E-state index contributed by atoms with van der Waals surface area (Å²) in [6, 6.07) is 11.5. The molecule has 0 spiro atoms. The number of hydrogen-bond acceptors (Lipinski definition) is 8. The summed E-state index contributed by atoms with van der Waals surface area (Å²) in [6.45, 7) is 2.45. The lowest BCUT2D eigenvalue weighted by atomic mass is 10.00. The molecule has 5 rings (SSSR count). The average Bonchev–Trinajstić information content (AvgIpc) is 2.86. The molecular formula is C25H30ClFN6O3. The highest BCUT2D eigenvalue weighted by molar-refractivity contribution is 5.92. The molecule has 0 radical (unpaired) electrons. The van der Waals surface area contributed by atoms with Gasteiger partial charge in [0, 0.05) is 37.5 Å². The quantitative estimate of drug-likeness (QED) is 0.515. The van der Waals surface area contributed by atoms with Crippen LogP contribution in [0.2, 0.25) is 0 Å². The van der Waals surface area contributed by atoms with Gasteiger partial charge in [0.2, 0.25) is 11.9 Å². The third-order valence-electron chi connectivity index (χ3n) is 6.81. The van der Waals surface area contributed by atoms with Crippen LogP contribution in [-0.4, -0.2) is 67.2 Å². The van der Waals surface area contributed by atoms with Crippen molar-refractivity contribution in [2.24, 2.45) is 0 Å². The molecule has 9 nitrogen and oxygen atoms in total. The number of carbonyl (C=O) groups is 1. The normalized spacial score (nSPS) is 19.4. The summed E-state index contributed by atoms with van der Waals surface area (Å²) in [6.07, 6.45) is 1.52. The third-order valence-corrected chi connectivity index (χ3v) is 6.81. The molecule has 2 aliphatic heterocycles. The first-order valence-electron chi connectivity index (χ1n) is 11.7. The number of rotatable bonds is 6. The number of methoxy groups -OCH3 is 2. The number of aromatic nitrogens is 2. The lowest BCUT2D eigenvalue weighted by Gasteiger charge is -2.42. The minimum absolute atomic E-state index is 0. The fourth-order valence-electron chi connectivity index (χ4n) is 4.74. The van der Waals surface area contributed by atoms with Crippen LogP contribution in [-0.2, 0) is 4.79 Å². The molecule has 11 heteroatoms. The molecule has 36 heavy (non-hydrogen) atoms. The van der Waals surface area contributed by atoms with Gasteiger partial charge in [0.05, 0.1) is 20.3 Å². The summed E-state index contributed by atoms with van der Waals surface area (Å²) in [4.78, 5) is 26.0. The van der Waals surface area contributed by atoms with Crippen molar-refractivity contribution in [2.45, 2.75) is 24.9 Å². The van der Waals surface area contributed by atoms with E-state index in [9.17, 15) is 4.79 Å². The number of nitrogens with one attached hydrogen (secondary N) is 1. The number of carbonyl (C=O) groups excluding carboxylic acids is 1. The molecule has 2 saturated heterocycles. The maximum Gasteiger partial charge on any atom is 0.228 e. The summed E-state index contributed by atoms with van der Waals surface area (Å²) in [7, 11) is 2.81. The van der Waals surface area contributed by atoms with Crippen molar-refractivity contribution in [3.63, 3.8) is 0 Å². The third kappa shape index (κ3) is 4.70. The SMILES string of the molecule is COc1cc2c(N)nc(N3CCN(C(=O)CC4CCN4)CC3c3ccccc3)nc2c(F)c1OC.Cl. The molecule has 2 aliphatic rings. The highest BCUT2D eigenvalue weighted by Crippen LogP contribution is 2.38. The van der Waals surface area contributed by atoms with E-state index in [1.54, 1.807) is 6.07 Å². The van der Waals surface area contributed by atoms with E-state index in [4.69, 9.17) is 15.2 Å². The van der Waals surface area contributed by atoms with E-state index in [-0.39, 0.29) is 53.2 Å². The van der Waals surface area contributed by atoms with Crippen LogP contribution in [0, 0.1) is 5.82 Å². The maximum absolute atomic E-state index is 15.4. The van der Waals surface area contributed by atoms with Crippen LogP contribution in [0.4, 0.5) is 16.2 Å². The zero-order valence-electron chi connectivity index (χ0n) is 20.2. The molecule has 3 heterocycles. The zero-order chi connectivity index (χ0) is 24.5. The number of fused-ring (bicyclic) bond motifs is 1. The topological polar surface area (TPSA) is 106 Å². The van der Waals surface area contributed by atoms with Gasteiger partial charge in [-0.15, -0.1) is 12.4 Å². The van der Waals surface area contributed by atoms with Crippen LogP contribution in [0.25, 0.3) is 10.9 Å². The van der Waals surface area contributed by atoms with E-state index in [1.807, 2.05) is 40.1 Å². The highest BCUT2D eigenvalue weighted by atomic mass is 35.5. The number of anilines is 2. The second-order valence-corrected chi connectivity index (χ2v) is 8.83. The first-order chi connectivity index (χ1) is 17.0. The second-order valence-electron chi connectivity index (χ2n) is 8.83. The Labute approximate surface area is 215 Å². The van der Waals surface area contributed by atoms with Gasteiger partial charge in [-0.1, -0.05) is 30.3 Å². The maximum atomic E-state index is 15.4. The molecule has 2 atom stereocenters. The van der Waals surface area contributed by atoms with Crippen LogP contribution in [0.3, 0.4) is 0 Å². The number of halogens is 2. The fourth-order valence-corrected chi connectivity index (χ4v) is 4.74. The summed E-state index contributed by atoms with van der Waals surface area (Å²) < 4.78 is 25.8. The number of piperazine rings is 1. The van der Waals surface area contributed by atoms with Crippen LogP contribution in [0.1, 0.15) is 24.4 Å². The van der Waals surface area contributed by atoms with Crippen molar-refractivity contribution in [3.8, 4) is 11.5 Å². The molecule has 1 aromatic heterocycles. The first kappa shape index (κ1) is 25.7. The summed E-state index contributed by atoms with van der Waals surface area (Å²) in [5, 5.41) is 3.64. The average molecular weight is 517 g/mol. The molecule has 3 N–H and O–H groups in total. The molecule has 2 unspecified atom stereocenters. The number of nitrogens with two attached hydrogens (primary N) is 1. The van der Waals surface area contributed by atoms with E-state index < -0.39 is 5.82 Å². The minimum atomic E-state index is -0.657. The predicted octanol–water partition coefficient (Wildman–Crippen LogP) is 2.93. The number of hydrogen-bond donors (Lipinski definition) is 2. The Bertz CT molecular complexity index is 1240. The molecule has 0 bridgehead atoms. The van der Waals surface area contributed by atoms with Crippen LogP contribution < -0.4 is 25.4 Å². The number of amides is 1. The monoisotopic (exact) mass is 516 g/mol. The summed E-state index contributed by atoms with van der Waals surface area (Å²) >= 11 is 0. The molecule has 3 aromatic rings. The molecule has 192 valence electrons. The molecule has 2 fully saturated rings. The van der Waals surface area contributed by atoms with Crippen molar-refractivity contribution in [3.05, 3.63) is 47.8 Å². The lowest BCUT2D eigenvalue weighted by molar-refractivity contribution is -0.133. The Morgan fingerprint density at radius 1 is 1.19 bits per heavy atom. The number of nitrogens with zero attached hydrogens (tertiary/aromatic N) is 4.